The van der Waals surface area contributed by atoms with Gasteiger partial charge in [-0.05, 0) is 23.5 Å². The second-order valence-corrected chi connectivity index (χ2v) is 4.73. The zero-order valence-corrected chi connectivity index (χ0v) is 10.5. The number of benzene rings is 1. The molecule has 0 radical (unpaired) electrons. The van der Waals surface area contributed by atoms with Crippen molar-refractivity contribution in [1.82, 2.24) is 0 Å². The van der Waals surface area contributed by atoms with Crippen LogP contribution in [0.25, 0.3) is 0 Å². The summed E-state index contributed by atoms with van der Waals surface area (Å²) in [4.78, 5) is 0. The van der Waals surface area contributed by atoms with Crippen LogP contribution in [0.2, 0.25) is 0 Å². The summed E-state index contributed by atoms with van der Waals surface area (Å²) < 4.78 is 0. The Morgan fingerprint density at radius 1 is 1.38 bits per heavy atom. The lowest BCUT2D eigenvalue weighted by Gasteiger charge is -2.31. The fraction of sp³-hybridized carbons (Fsp3) is 0.571. The molecule has 2 nitrogen and oxygen atoms in total. The molecule has 1 aromatic rings. The molecular weight excluding hydrogens is 198 g/mol. The van der Waals surface area contributed by atoms with Crippen molar-refractivity contribution in [2.75, 3.05) is 6.54 Å². The van der Waals surface area contributed by atoms with Crippen LogP contribution in [0.4, 0.5) is 0 Å². The van der Waals surface area contributed by atoms with E-state index in [9.17, 15) is 5.11 Å². The van der Waals surface area contributed by atoms with Crippen molar-refractivity contribution in [3.8, 4) is 0 Å². The van der Waals surface area contributed by atoms with Gasteiger partial charge in [0.15, 0.2) is 0 Å². The minimum absolute atomic E-state index is 0.120. The number of nitrogens with two attached hydrogens (primary N) is 1. The van der Waals surface area contributed by atoms with Gasteiger partial charge in [0, 0.05) is 6.54 Å². The molecular formula is C14H23NO. The van der Waals surface area contributed by atoms with Crippen LogP contribution in [0, 0.1) is 5.92 Å². The molecule has 1 unspecified atom stereocenters. The molecule has 2 heteroatoms. The summed E-state index contributed by atoms with van der Waals surface area (Å²) in [5, 5.41) is 10.5. The van der Waals surface area contributed by atoms with Gasteiger partial charge in [0.05, 0.1) is 0 Å². The number of aliphatic hydroxyl groups is 1. The van der Waals surface area contributed by atoms with Crippen molar-refractivity contribution in [3.63, 3.8) is 0 Å². The Morgan fingerprint density at radius 2 is 2.06 bits per heavy atom. The fourth-order valence-electron chi connectivity index (χ4n) is 1.97. The first-order chi connectivity index (χ1) is 7.54. The molecule has 0 spiro atoms. The molecule has 0 saturated carbocycles. The molecule has 3 N–H and O–H groups in total. The molecule has 0 aliphatic rings. The van der Waals surface area contributed by atoms with E-state index in [0.717, 1.165) is 18.4 Å². The Hall–Kier alpha value is -0.860. The normalized spacial score (nSPS) is 15.1. The van der Waals surface area contributed by atoms with Crippen LogP contribution < -0.4 is 5.73 Å². The van der Waals surface area contributed by atoms with E-state index in [1.165, 1.54) is 5.56 Å². The predicted molar refractivity (Wildman–Crippen MR) is 68.2 cm³/mol. The predicted octanol–water partition coefficient (Wildman–Crippen LogP) is 2.44. The van der Waals surface area contributed by atoms with Crippen molar-refractivity contribution in [3.05, 3.63) is 35.4 Å². The highest BCUT2D eigenvalue weighted by molar-refractivity contribution is 5.29. The second-order valence-electron chi connectivity index (χ2n) is 4.73. The maximum atomic E-state index is 10.5. The minimum atomic E-state index is -0.899. The van der Waals surface area contributed by atoms with E-state index in [0.29, 0.717) is 0 Å². The van der Waals surface area contributed by atoms with E-state index >= 15 is 0 Å². The lowest BCUT2D eigenvalue weighted by Crippen LogP contribution is -2.40. The molecule has 1 atom stereocenters. The Balaban J connectivity index is 3.06. The van der Waals surface area contributed by atoms with Gasteiger partial charge in [-0.15, -0.1) is 0 Å². The minimum Gasteiger partial charge on any atom is -0.384 e. The maximum absolute atomic E-state index is 10.5. The number of hydrogen-bond acceptors (Lipinski definition) is 2. The van der Waals surface area contributed by atoms with Crippen LogP contribution in [-0.2, 0) is 12.0 Å². The average molecular weight is 221 g/mol. The van der Waals surface area contributed by atoms with Crippen LogP contribution in [0.5, 0.6) is 0 Å². The molecule has 0 bridgehead atoms. The summed E-state index contributed by atoms with van der Waals surface area (Å²) in [6.07, 6.45) is 2.17. The van der Waals surface area contributed by atoms with Crippen molar-refractivity contribution in [2.24, 2.45) is 11.7 Å². The standard InChI is InChI=1S/C14H23NO/c1-4-6-12-7-5-8-13(9-12)14(16,10-15)11(2)3/h5,7-9,11,16H,4,6,10,15H2,1-3H3. The van der Waals surface area contributed by atoms with Gasteiger partial charge in [0.25, 0.3) is 0 Å². The van der Waals surface area contributed by atoms with Crippen molar-refractivity contribution in [2.45, 2.75) is 39.2 Å². The van der Waals surface area contributed by atoms with Gasteiger partial charge in [-0.1, -0.05) is 51.5 Å². The van der Waals surface area contributed by atoms with Crippen LogP contribution in [0.1, 0.15) is 38.3 Å². The van der Waals surface area contributed by atoms with Crippen LogP contribution in [0.15, 0.2) is 24.3 Å². The van der Waals surface area contributed by atoms with Gasteiger partial charge in [-0.3, -0.25) is 0 Å². The third-order valence-corrected chi connectivity index (χ3v) is 3.23. The van der Waals surface area contributed by atoms with Crippen LogP contribution in [-0.4, -0.2) is 11.7 Å². The molecule has 0 fully saturated rings. The first-order valence-electron chi connectivity index (χ1n) is 6.06. The Morgan fingerprint density at radius 3 is 2.56 bits per heavy atom. The summed E-state index contributed by atoms with van der Waals surface area (Å²) in [6.45, 7) is 6.42. The molecule has 0 aliphatic carbocycles. The average Bonchev–Trinajstić information content (AvgIpc) is 2.28. The number of rotatable bonds is 5. The molecule has 0 amide bonds. The zero-order valence-electron chi connectivity index (χ0n) is 10.5. The first-order valence-corrected chi connectivity index (χ1v) is 6.06. The fourth-order valence-corrected chi connectivity index (χ4v) is 1.97. The molecule has 90 valence electrons. The highest BCUT2D eigenvalue weighted by Crippen LogP contribution is 2.29. The highest BCUT2D eigenvalue weighted by Gasteiger charge is 2.31. The Kier molecular flexibility index (Phi) is 4.51. The summed E-state index contributed by atoms with van der Waals surface area (Å²) in [5.41, 5.74) is 7.03. The Bertz CT molecular complexity index is 335. The van der Waals surface area contributed by atoms with E-state index in [1.54, 1.807) is 0 Å². The van der Waals surface area contributed by atoms with E-state index in [2.05, 4.69) is 19.1 Å². The summed E-state index contributed by atoms with van der Waals surface area (Å²) in [7, 11) is 0. The van der Waals surface area contributed by atoms with Gasteiger partial charge >= 0.3 is 0 Å². The van der Waals surface area contributed by atoms with Gasteiger partial charge in [-0.2, -0.15) is 0 Å². The van der Waals surface area contributed by atoms with Gasteiger partial charge in [0.1, 0.15) is 5.60 Å². The van der Waals surface area contributed by atoms with E-state index in [1.807, 2.05) is 26.0 Å². The monoisotopic (exact) mass is 221 g/mol. The van der Waals surface area contributed by atoms with Gasteiger partial charge in [0.2, 0.25) is 0 Å². The molecule has 16 heavy (non-hydrogen) atoms. The topological polar surface area (TPSA) is 46.2 Å². The van der Waals surface area contributed by atoms with Crippen LogP contribution in [0.3, 0.4) is 0 Å². The summed E-state index contributed by atoms with van der Waals surface area (Å²) in [5.74, 6) is 0.120. The molecule has 0 aliphatic heterocycles. The molecule has 0 saturated heterocycles. The van der Waals surface area contributed by atoms with Gasteiger partial charge in [-0.25, -0.2) is 0 Å². The van der Waals surface area contributed by atoms with Gasteiger partial charge < -0.3 is 10.8 Å². The lowest BCUT2D eigenvalue weighted by atomic mass is 9.82. The highest BCUT2D eigenvalue weighted by atomic mass is 16.3. The molecule has 1 aromatic carbocycles. The van der Waals surface area contributed by atoms with E-state index < -0.39 is 5.60 Å². The summed E-state index contributed by atoms with van der Waals surface area (Å²) >= 11 is 0. The molecule has 0 heterocycles. The summed E-state index contributed by atoms with van der Waals surface area (Å²) in [6, 6.07) is 8.15. The quantitative estimate of drug-likeness (QED) is 0.802. The Labute approximate surface area is 98.5 Å². The zero-order chi connectivity index (χ0) is 12.2. The van der Waals surface area contributed by atoms with Crippen LogP contribution >= 0.6 is 0 Å². The molecule has 1 rings (SSSR count). The number of aryl methyl sites for hydroxylation is 1. The van der Waals surface area contributed by atoms with E-state index in [-0.39, 0.29) is 12.5 Å². The smallest absolute Gasteiger partial charge is 0.104 e. The SMILES string of the molecule is CCCc1cccc(C(O)(CN)C(C)C)c1. The van der Waals surface area contributed by atoms with Crippen molar-refractivity contribution in [1.29, 1.82) is 0 Å². The third kappa shape index (κ3) is 2.63. The lowest BCUT2D eigenvalue weighted by molar-refractivity contribution is -0.00120. The van der Waals surface area contributed by atoms with Crippen molar-refractivity contribution >= 4 is 0 Å². The largest absolute Gasteiger partial charge is 0.384 e. The number of hydrogen-bond donors (Lipinski definition) is 2. The van der Waals surface area contributed by atoms with E-state index in [4.69, 9.17) is 5.73 Å². The van der Waals surface area contributed by atoms with Crippen molar-refractivity contribution < 1.29 is 5.11 Å². The second kappa shape index (κ2) is 5.46. The molecule has 0 aromatic heterocycles. The first kappa shape index (κ1) is 13.2. The maximum Gasteiger partial charge on any atom is 0.104 e. The third-order valence-electron chi connectivity index (χ3n) is 3.23.